The lowest BCUT2D eigenvalue weighted by molar-refractivity contribution is 0.0996. The van der Waals surface area contributed by atoms with Gasteiger partial charge in [-0.2, -0.15) is 0 Å². The molecule has 0 amide bonds. The lowest BCUT2D eigenvalue weighted by Crippen LogP contribution is -1.90. The van der Waals surface area contributed by atoms with Crippen LogP contribution in [0.15, 0.2) is 59.1 Å². The molecule has 2 heteroatoms. The minimum Gasteiger partial charge on any atom is -0.365 e. The van der Waals surface area contributed by atoms with Gasteiger partial charge in [0, 0.05) is 4.47 Å². The molecule has 2 aromatic carbocycles. The zero-order valence-electron chi connectivity index (χ0n) is 9.84. The molecule has 0 radical (unpaired) electrons. The van der Waals surface area contributed by atoms with Gasteiger partial charge < -0.3 is 4.74 Å². The first-order valence-corrected chi connectivity index (χ1v) is 6.76. The largest absolute Gasteiger partial charge is 0.365 e. The highest BCUT2D eigenvalue weighted by Crippen LogP contribution is 2.32. The fraction of sp³-hybridized carbons (Fsp3) is 0.125. The Morgan fingerprint density at radius 3 is 2.72 bits per heavy atom. The molecule has 0 spiro atoms. The van der Waals surface area contributed by atoms with Crippen molar-refractivity contribution in [3.63, 3.8) is 0 Å². The average molecular weight is 301 g/mol. The fourth-order valence-corrected chi connectivity index (χ4v) is 2.59. The molecular formula is C16H13BrO. The molecule has 1 heterocycles. The van der Waals surface area contributed by atoms with Crippen molar-refractivity contribution in [2.75, 3.05) is 0 Å². The van der Waals surface area contributed by atoms with E-state index in [2.05, 4.69) is 58.4 Å². The third kappa shape index (κ3) is 2.26. The first-order chi connectivity index (χ1) is 8.84. The van der Waals surface area contributed by atoms with Crippen LogP contribution in [0.2, 0.25) is 0 Å². The van der Waals surface area contributed by atoms with Gasteiger partial charge in [0.2, 0.25) is 0 Å². The van der Waals surface area contributed by atoms with Crippen molar-refractivity contribution in [1.82, 2.24) is 0 Å². The van der Waals surface area contributed by atoms with Crippen LogP contribution in [0.25, 0.3) is 6.08 Å². The van der Waals surface area contributed by atoms with E-state index in [1.54, 1.807) is 0 Å². The highest BCUT2D eigenvalue weighted by atomic mass is 79.9. The number of hydrogen-bond donors (Lipinski definition) is 0. The number of ether oxygens (including phenoxy) is 1. The van der Waals surface area contributed by atoms with Crippen LogP contribution >= 0.6 is 15.9 Å². The van der Waals surface area contributed by atoms with E-state index < -0.39 is 0 Å². The molecule has 0 N–H and O–H groups in total. The van der Waals surface area contributed by atoms with E-state index in [-0.39, 0.29) is 6.10 Å². The lowest BCUT2D eigenvalue weighted by Gasteiger charge is -2.05. The molecule has 90 valence electrons. The molecule has 2 aromatic rings. The van der Waals surface area contributed by atoms with Gasteiger partial charge in [-0.25, -0.2) is 0 Å². The van der Waals surface area contributed by atoms with Gasteiger partial charge in [0.05, 0.1) is 6.61 Å². The Kier molecular flexibility index (Phi) is 3.31. The fourth-order valence-electron chi connectivity index (χ4n) is 2.17. The molecule has 1 aliphatic heterocycles. The first-order valence-electron chi connectivity index (χ1n) is 5.97. The minimum atomic E-state index is 0.0771. The van der Waals surface area contributed by atoms with Crippen LogP contribution in [0.3, 0.4) is 0 Å². The summed E-state index contributed by atoms with van der Waals surface area (Å²) in [4.78, 5) is 0. The quantitative estimate of drug-likeness (QED) is 0.779. The Morgan fingerprint density at radius 2 is 1.83 bits per heavy atom. The van der Waals surface area contributed by atoms with E-state index in [0.29, 0.717) is 6.61 Å². The molecule has 1 nitrogen and oxygen atoms in total. The third-order valence-electron chi connectivity index (χ3n) is 3.14. The SMILES string of the molecule is Brc1ccccc1/C=C/C1OCc2ccccc21. The maximum absolute atomic E-state index is 5.78. The van der Waals surface area contributed by atoms with Crippen molar-refractivity contribution < 1.29 is 4.74 Å². The van der Waals surface area contributed by atoms with E-state index in [9.17, 15) is 0 Å². The normalized spacial score (nSPS) is 18.2. The molecule has 1 unspecified atom stereocenters. The standard InChI is InChI=1S/C16H13BrO/c17-15-8-4-2-5-12(15)9-10-16-14-7-3-1-6-13(14)11-18-16/h1-10,16H,11H2/b10-9+. The van der Waals surface area contributed by atoms with Gasteiger partial charge in [-0.3, -0.25) is 0 Å². The van der Waals surface area contributed by atoms with Gasteiger partial charge in [0.1, 0.15) is 6.10 Å². The van der Waals surface area contributed by atoms with E-state index >= 15 is 0 Å². The van der Waals surface area contributed by atoms with Crippen LogP contribution in [-0.2, 0) is 11.3 Å². The second kappa shape index (κ2) is 5.09. The summed E-state index contributed by atoms with van der Waals surface area (Å²) in [5.41, 5.74) is 3.74. The Morgan fingerprint density at radius 1 is 1.06 bits per heavy atom. The summed E-state index contributed by atoms with van der Waals surface area (Å²) in [7, 11) is 0. The minimum absolute atomic E-state index is 0.0771. The van der Waals surface area contributed by atoms with Crippen molar-refractivity contribution in [3.05, 3.63) is 75.8 Å². The van der Waals surface area contributed by atoms with Crippen molar-refractivity contribution >= 4 is 22.0 Å². The number of hydrogen-bond acceptors (Lipinski definition) is 1. The Bertz CT molecular complexity index is 589. The van der Waals surface area contributed by atoms with E-state index in [1.165, 1.54) is 16.7 Å². The lowest BCUT2D eigenvalue weighted by atomic mass is 10.0. The van der Waals surface area contributed by atoms with Crippen molar-refractivity contribution in [1.29, 1.82) is 0 Å². The molecule has 0 aliphatic carbocycles. The summed E-state index contributed by atoms with van der Waals surface area (Å²) < 4.78 is 6.89. The Hall–Kier alpha value is -1.38. The summed E-state index contributed by atoms with van der Waals surface area (Å²) >= 11 is 3.55. The number of benzene rings is 2. The molecule has 0 aromatic heterocycles. The average Bonchev–Trinajstić information content (AvgIpc) is 2.81. The molecule has 0 saturated heterocycles. The molecule has 1 atom stereocenters. The van der Waals surface area contributed by atoms with Crippen LogP contribution in [0.1, 0.15) is 22.8 Å². The predicted octanol–water partition coefficient (Wildman–Crippen LogP) is 4.73. The maximum Gasteiger partial charge on any atom is 0.102 e. The Balaban J connectivity index is 1.85. The number of halogens is 1. The second-order valence-electron chi connectivity index (χ2n) is 4.31. The van der Waals surface area contributed by atoms with Gasteiger partial charge in [-0.15, -0.1) is 0 Å². The summed E-state index contributed by atoms with van der Waals surface area (Å²) in [5, 5.41) is 0. The zero-order chi connectivity index (χ0) is 12.4. The van der Waals surface area contributed by atoms with E-state index in [0.717, 1.165) is 4.47 Å². The van der Waals surface area contributed by atoms with Gasteiger partial charge in [-0.05, 0) is 22.8 Å². The van der Waals surface area contributed by atoms with Crippen LogP contribution in [-0.4, -0.2) is 0 Å². The van der Waals surface area contributed by atoms with Gasteiger partial charge in [0.15, 0.2) is 0 Å². The molecule has 18 heavy (non-hydrogen) atoms. The molecule has 3 rings (SSSR count). The van der Waals surface area contributed by atoms with E-state index in [1.807, 2.05) is 18.2 Å². The third-order valence-corrected chi connectivity index (χ3v) is 3.86. The topological polar surface area (TPSA) is 9.23 Å². The highest BCUT2D eigenvalue weighted by Gasteiger charge is 2.19. The predicted molar refractivity (Wildman–Crippen MR) is 77.1 cm³/mol. The molecule has 0 bridgehead atoms. The van der Waals surface area contributed by atoms with Gasteiger partial charge in [-0.1, -0.05) is 70.5 Å². The summed E-state index contributed by atoms with van der Waals surface area (Å²) in [6.45, 7) is 0.709. The monoisotopic (exact) mass is 300 g/mol. The summed E-state index contributed by atoms with van der Waals surface area (Å²) in [6, 6.07) is 16.6. The van der Waals surface area contributed by atoms with Crippen LogP contribution < -0.4 is 0 Å². The maximum atomic E-state index is 5.78. The highest BCUT2D eigenvalue weighted by molar-refractivity contribution is 9.10. The van der Waals surface area contributed by atoms with Gasteiger partial charge >= 0.3 is 0 Å². The molecule has 1 aliphatic rings. The molecule has 0 fully saturated rings. The second-order valence-corrected chi connectivity index (χ2v) is 5.17. The molecule has 0 saturated carbocycles. The smallest absolute Gasteiger partial charge is 0.102 e. The molecular weight excluding hydrogens is 288 g/mol. The number of fused-ring (bicyclic) bond motifs is 1. The van der Waals surface area contributed by atoms with Crippen LogP contribution in [0, 0.1) is 0 Å². The summed E-state index contributed by atoms with van der Waals surface area (Å²) in [6.07, 6.45) is 4.30. The van der Waals surface area contributed by atoms with Crippen molar-refractivity contribution in [2.45, 2.75) is 12.7 Å². The van der Waals surface area contributed by atoms with E-state index in [4.69, 9.17) is 4.74 Å². The summed E-state index contributed by atoms with van der Waals surface area (Å²) in [5.74, 6) is 0. The number of rotatable bonds is 2. The van der Waals surface area contributed by atoms with Crippen molar-refractivity contribution in [3.8, 4) is 0 Å². The first kappa shape index (κ1) is 11.7. The van der Waals surface area contributed by atoms with Gasteiger partial charge in [0.25, 0.3) is 0 Å². The zero-order valence-corrected chi connectivity index (χ0v) is 11.4. The Labute approximate surface area is 115 Å². The van der Waals surface area contributed by atoms with Crippen LogP contribution in [0.5, 0.6) is 0 Å². The van der Waals surface area contributed by atoms with Crippen LogP contribution in [0.4, 0.5) is 0 Å². The van der Waals surface area contributed by atoms with Crippen molar-refractivity contribution in [2.24, 2.45) is 0 Å².